The van der Waals surface area contributed by atoms with Gasteiger partial charge < -0.3 is 63.6 Å². The van der Waals surface area contributed by atoms with Crippen molar-refractivity contribution in [3.63, 3.8) is 0 Å². The molecule has 0 saturated carbocycles. The molecule has 3 aliphatic heterocycles. The molecule has 3 aliphatic rings. The Morgan fingerprint density at radius 3 is 1.96 bits per heavy atom. The van der Waals surface area contributed by atoms with E-state index in [4.69, 9.17) is 33.2 Å². The summed E-state index contributed by atoms with van der Waals surface area (Å²) >= 11 is 0. The number of rotatable bonds is 8. The van der Waals surface area contributed by atoms with E-state index in [1.165, 1.54) is 35.0 Å². The summed E-state index contributed by atoms with van der Waals surface area (Å²) in [6.07, 6.45) is -11.5. The number of nitrogens with zero attached hydrogens (tertiary/aromatic N) is 1. The number of aliphatic hydroxyl groups excluding tert-OH is 4. The first-order chi connectivity index (χ1) is 24.4. The Kier molecular flexibility index (Phi) is 15.5. The third-order valence-electron chi connectivity index (χ3n) is 12.2. The van der Waals surface area contributed by atoms with Crippen molar-refractivity contribution in [2.24, 2.45) is 23.7 Å². The lowest BCUT2D eigenvalue weighted by Crippen LogP contribution is -2.62. The van der Waals surface area contributed by atoms with Crippen LogP contribution in [-0.2, 0) is 42.7 Å². The molecule has 1 unspecified atom stereocenters. The lowest BCUT2D eigenvalue weighted by atomic mass is 9.73. The molecule has 0 aromatic heterocycles. The number of carbonyl (C=O) groups excluding carboxylic acids is 2. The highest BCUT2D eigenvalue weighted by Crippen LogP contribution is 2.42. The van der Waals surface area contributed by atoms with Crippen molar-refractivity contribution in [1.82, 2.24) is 4.90 Å². The number of hydrogen-bond acceptors (Lipinski definition) is 15. The number of Topliss-reactive ketones (excluding diaryl/α,β-unsaturated/α-hetero) is 1. The largest absolute Gasteiger partial charge is 0.456 e. The van der Waals surface area contributed by atoms with Gasteiger partial charge in [0, 0.05) is 44.4 Å². The van der Waals surface area contributed by atoms with Gasteiger partial charge in [0.05, 0.1) is 53.7 Å². The van der Waals surface area contributed by atoms with Crippen LogP contribution in [0.5, 0.6) is 0 Å². The predicted molar refractivity (Wildman–Crippen MR) is 192 cm³/mol. The summed E-state index contributed by atoms with van der Waals surface area (Å²) in [4.78, 5) is 30.1. The maximum atomic E-state index is 14.2. The number of ether oxygens (including phenoxy) is 7. The zero-order valence-corrected chi connectivity index (χ0v) is 34.2. The maximum absolute atomic E-state index is 14.2. The molecule has 15 heteroatoms. The highest BCUT2D eigenvalue weighted by atomic mass is 16.7. The Morgan fingerprint density at radius 1 is 0.849 bits per heavy atom. The highest BCUT2D eigenvalue weighted by Gasteiger charge is 2.54. The smallest absolute Gasteiger partial charge is 0.311 e. The Bertz CT molecular complexity index is 1220. The second kappa shape index (κ2) is 17.9. The number of likely N-dealkylation sites (N-methyl/N-ethyl adjacent to an activating group) is 1. The van der Waals surface area contributed by atoms with Gasteiger partial charge in [-0.3, -0.25) is 9.59 Å². The Balaban J connectivity index is 2.24. The van der Waals surface area contributed by atoms with Crippen LogP contribution in [0.4, 0.5) is 0 Å². The summed E-state index contributed by atoms with van der Waals surface area (Å²) < 4.78 is 43.6. The topological polar surface area (TPSA) is 203 Å². The first-order valence-corrected chi connectivity index (χ1v) is 18.9. The van der Waals surface area contributed by atoms with Crippen molar-refractivity contribution in [3.8, 4) is 0 Å². The van der Waals surface area contributed by atoms with Gasteiger partial charge in [-0.05, 0) is 75.4 Å². The van der Waals surface area contributed by atoms with Crippen molar-refractivity contribution in [2.75, 3.05) is 28.3 Å². The third kappa shape index (κ3) is 9.80. The van der Waals surface area contributed by atoms with Crippen molar-refractivity contribution in [1.29, 1.82) is 0 Å². The van der Waals surface area contributed by atoms with Crippen LogP contribution < -0.4 is 0 Å². The summed E-state index contributed by atoms with van der Waals surface area (Å²) in [5, 5.41) is 56.4. The molecule has 0 spiro atoms. The van der Waals surface area contributed by atoms with Crippen LogP contribution in [0.15, 0.2) is 0 Å². The van der Waals surface area contributed by atoms with E-state index in [0.717, 1.165) is 0 Å². The van der Waals surface area contributed by atoms with Crippen LogP contribution in [0.25, 0.3) is 0 Å². The molecule has 0 bridgehead atoms. The normalized spacial score (nSPS) is 48.9. The summed E-state index contributed by atoms with van der Waals surface area (Å²) in [6, 6.07) is -0.310. The van der Waals surface area contributed by atoms with Crippen molar-refractivity contribution in [3.05, 3.63) is 0 Å². The molecule has 3 saturated heterocycles. The molecular formula is C38H69NO14. The van der Waals surface area contributed by atoms with Gasteiger partial charge in [-0.1, -0.05) is 20.8 Å². The Hall–Kier alpha value is -1.34. The lowest BCUT2D eigenvalue weighted by molar-refractivity contribution is -0.319. The fourth-order valence-corrected chi connectivity index (χ4v) is 8.64. The summed E-state index contributed by atoms with van der Waals surface area (Å²) in [5.74, 6) is -5.10. The molecule has 19 atom stereocenters. The monoisotopic (exact) mass is 763 g/mol. The standard InChI is InChI=1S/C38H69NO14/c1-18-16-37(9,48-14)32(53-35-28(42)25(39(11)12)15-19(2)49-35)21(4)29(51-26-17-36(8,47-13)31(44)24(7)50-26)22(5)34(45)52-33(23(6)40)38(10,46)30(43)20(3)27(18)41/h18-26,28-33,35,40,42-44,46H,15-17H2,1-14H3/t18-,19-,20+,21+,22-,23-,24+,25+,26+,28-,29?,30-,31+,32-,33-,35+,36-,37-,38+/m1/s1. The number of esters is 1. The van der Waals surface area contributed by atoms with Crippen LogP contribution in [0, 0.1) is 23.7 Å². The zero-order valence-electron chi connectivity index (χ0n) is 34.2. The molecule has 0 aromatic carbocycles. The van der Waals surface area contributed by atoms with E-state index >= 15 is 0 Å². The van der Waals surface area contributed by atoms with Gasteiger partial charge in [-0.2, -0.15) is 0 Å². The van der Waals surface area contributed by atoms with E-state index in [1.54, 1.807) is 41.5 Å². The van der Waals surface area contributed by atoms with Gasteiger partial charge in [-0.25, -0.2) is 0 Å². The van der Waals surface area contributed by atoms with Crippen molar-refractivity contribution >= 4 is 11.8 Å². The minimum absolute atomic E-state index is 0.0578. The molecule has 0 aliphatic carbocycles. The van der Waals surface area contributed by atoms with Gasteiger partial charge in [-0.15, -0.1) is 0 Å². The number of carbonyl (C=O) groups is 2. The maximum Gasteiger partial charge on any atom is 0.311 e. The second-order valence-corrected chi connectivity index (χ2v) is 16.9. The second-order valence-electron chi connectivity index (χ2n) is 16.9. The van der Waals surface area contributed by atoms with Crippen LogP contribution in [-0.4, -0.2) is 161 Å². The average Bonchev–Trinajstić information content (AvgIpc) is 3.09. The molecule has 3 heterocycles. The number of hydrogen-bond donors (Lipinski definition) is 5. The Morgan fingerprint density at radius 2 is 1.43 bits per heavy atom. The molecule has 0 amide bonds. The minimum Gasteiger partial charge on any atom is -0.456 e. The van der Waals surface area contributed by atoms with E-state index in [-0.39, 0.29) is 25.0 Å². The zero-order chi connectivity index (χ0) is 40.5. The van der Waals surface area contributed by atoms with Crippen LogP contribution >= 0.6 is 0 Å². The van der Waals surface area contributed by atoms with Gasteiger partial charge in [0.25, 0.3) is 0 Å². The molecule has 53 heavy (non-hydrogen) atoms. The molecule has 3 rings (SSSR count). The SMILES string of the molecule is CO[C@]1(C)C[C@@H](C)C(=O)[C@H](C)[C@@H](O)[C@](C)(O)[C@@H]([C@@H](C)O)OC(=O)[C@H](C)C(O[C@H]2C[C@@](C)(OC)[C@@H](O)[C@H](C)O2)[C@H](C)[C@H]1O[C@@H]1O[C@H](C)C[C@H](N(C)C)[C@H]1O. The predicted octanol–water partition coefficient (Wildman–Crippen LogP) is 1.41. The fourth-order valence-electron chi connectivity index (χ4n) is 8.64. The number of cyclic esters (lactones) is 1. The molecule has 3 fully saturated rings. The quantitative estimate of drug-likeness (QED) is 0.222. The highest BCUT2D eigenvalue weighted by molar-refractivity contribution is 5.83. The van der Waals surface area contributed by atoms with Gasteiger partial charge >= 0.3 is 5.97 Å². The molecular weight excluding hydrogens is 694 g/mol. The molecule has 310 valence electrons. The first-order valence-electron chi connectivity index (χ1n) is 18.9. The molecule has 0 aromatic rings. The summed E-state index contributed by atoms with van der Waals surface area (Å²) in [7, 11) is 6.68. The van der Waals surface area contributed by atoms with Crippen LogP contribution in [0.3, 0.4) is 0 Å². The molecule has 5 N–H and O–H groups in total. The van der Waals surface area contributed by atoms with Gasteiger partial charge in [0.2, 0.25) is 0 Å². The van der Waals surface area contributed by atoms with Crippen molar-refractivity contribution in [2.45, 2.75) is 179 Å². The van der Waals surface area contributed by atoms with Gasteiger partial charge in [0.15, 0.2) is 18.7 Å². The van der Waals surface area contributed by atoms with Gasteiger partial charge in [0.1, 0.15) is 23.6 Å². The summed E-state index contributed by atoms with van der Waals surface area (Å²) in [6.45, 7) is 16.1. The van der Waals surface area contributed by atoms with E-state index in [9.17, 15) is 35.1 Å². The van der Waals surface area contributed by atoms with E-state index in [0.29, 0.717) is 6.42 Å². The van der Waals surface area contributed by atoms with Crippen molar-refractivity contribution < 1.29 is 68.3 Å². The fraction of sp³-hybridized carbons (Fsp3) is 0.947. The third-order valence-corrected chi connectivity index (χ3v) is 12.2. The number of ketones is 1. The molecule has 15 nitrogen and oxygen atoms in total. The minimum atomic E-state index is -2.24. The average molecular weight is 764 g/mol. The number of methoxy groups -OCH3 is 2. The van der Waals surface area contributed by atoms with E-state index in [1.807, 2.05) is 25.9 Å². The molecule has 0 radical (unpaired) electrons. The Labute approximate surface area is 315 Å². The van der Waals surface area contributed by atoms with E-state index in [2.05, 4.69) is 0 Å². The lowest BCUT2D eigenvalue weighted by Gasteiger charge is -2.50. The number of aliphatic hydroxyl groups is 5. The summed E-state index contributed by atoms with van der Waals surface area (Å²) in [5.41, 5.74) is -4.61. The van der Waals surface area contributed by atoms with Crippen LogP contribution in [0.1, 0.15) is 88.5 Å². The van der Waals surface area contributed by atoms with Crippen LogP contribution in [0.2, 0.25) is 0 Å². The van der Waals surface area contributed by atoms with E-state index < -0.39 is 114 Å². The first kappa shape index (κ1) is 46.0.